The van der Waals surface area contributed by atoms with E-state index in [2.05, 4.69) is 5.32 Å². The molecular weight excluding hydrogens is 394 g/mol. The average Bonchev–Trinajstić information content (AvgIpc) is 2.74. The van der Waals surface area contributed by atoms with Crippen LogP contribution in [0.3, 0.4) is 0 Å². The minimum Gasteiger partial charge on any atom is -0.496 e. The van der Waals surface area contributed by atoms with Crippen LogP contribution in [0.25, 0.3) is 0 Å². The molecule has 0 bridgehead atoms. The van der Waals surface area contributed by atoms with Crippen LogP contribution in [0.4, 0.5) is 8.78 Å². The maximum absolute atomic E-state index is 13.5. The van der Waals surface area contributed by atoms with Crippen molar-refractivity contribution < 1.29 is 27.8 Å². The number of nitrogens with one attached hydrogen (secondary N) is 1. The first kappa shape index (κ1) is 21.5. The lowest BCUT2D eigenvalue weighted by atomic mass is 10.0. The molecule has 2 amide bonds. The Hall–Kier alpha value is -3.16. The SMILES string of the molecule is COc1ccccc1CC(=O)N1CCC(NC(=O)COc2ccc(F)cc2F)CC1. The van der Waals surface area contributed by atoms with Gasteiger partial charge in [-0.3, -0.25) is 9.59 Å². The molecule has 1 heterocycles. The first-order chi connectivity index (χ1) is 14.5. The van der Waals surface area contributed by atoms with Crippen molar-refractivity contribution in [3.63, 3.8) is 0 Å². The number of rotatable bonds is 7. The van der Waals surface area contributed by atoms with Gasteiger partial charge in [0.2, 0.25) is 5.91 Å². The number of ether oxygens (including phenoxy) is 2. The fourth-order valence-electron chi connectivity index (χ4n) is 3.40. The van der Waals surface area contributed by atoms with Crippen molar-refractivity contribution in [2.45, 2.75) is 25.3 Å². The smallest absolute Gasteiger partial charge is 0.258 e. The van der Waals surface area contributed by atoms with E-state index in [-0.39, 0.29) is 30.7 Å². The number of hydrogen-bond acceptors (Lipinski definition) is 4. The highest BCUT2D eigenvalue weighted by molar-refractivity contribution is 5.80. The monoisotopic (exact) mass is 418 g/mol. The van der Waals surface area contributed by atoms with Crippen LogP contribution in [-0.4, -0.2) is 49.6 Å². The number of carbonyl (C=O) groups excluding carboxylic acids is 2. The van der Waals surface area contributed by atoms with E-state index in [0.717, 1.165) is 17.7 Å². The maximum Gasteiger partial charge on any atom is 0.258 e. The van der Waals surface area contributed by atoms with Crippen molar-refractivity contribution in [3.8, 4) is 11.5 Å². The summed E-state index contributed by atoms with van der Waals surface area (Å²) >= 11 is 0. The number of methoxy groups -OCH3 is 1. The van der Waals surface area contributed by atoms with Crippen LogP contribution in [-0.2, 0) is 16.0 Å². The summed E-state index contributed by atoms with van der Waals surface area (Å²) in [6.45, 7) is 0.703. The molecule has 1 fully saturated rings. The zero-order valence-electron chi connectivity index (χ0n) is 16.7. The standard InChI is InChI=1S/C22H24F2N2O4/c1-29-19-5-3-2-4-15(19)12-22(28)26-10-8-17(9-11-26)25-21(27)14-30-20-7-6-16(23)13-18(20)24/h2-7,13,17H,8-12,14H2,1H3,(H,25,27). The van der Waals surface area contributed by atoms with Crippen molar-refractivity contribution in [2.75, 3.05) is 26.8 Å². The summed E-state index contributed by atoms with van der Waals surface area (Å²) in [5.41, 5.74) is 0.839. The molecule has 0 unspecified atom stereocenters. The Kier molecular flexibility index (Phi) is 7.21. The topological polar surface area (TPSA) is 67.9 Å². The summed E-state index contributed by atoms with van der Waals surface area (Å²) < 4.78 is 36.8. The van der Waals surface area contributed by atoms with Crippen molar-refractivity contribution in [1.29, 1.82) is 0 Å². The third-order valence-corrected chi connectivity index (χ3v) is 5.00. The molecule has 0 saturated carbocycles. The number of hydrogen-bond donors (Lipinski definition) is 1. The van der Waals surface area contributed by atoms with E-state index in [1.54, 1.807) is 12.0 Å². The molecule has 0 radical (unpaired) electrons. The number of benzene rings is 2. The third-order valence-electron chi connectivity index (χ3n) is 5.00. The number of carbonyl (C=O) groups is 2. The van der Waals surface area contributed by atoms with Gasteiger partial charge in [0, 0.05) is 30.8 Å². The first-order valence-electron chi connectivity index (χ1n) is 9.73. The number of piperidine rings is 1. The molecule has 6 nitrogen and oxygen atoms in total. The predicted octanol–water partition coefficient (Wildman–Crippen LogP) is 2.70. The third kappa shape index (κ3) is 5.68. The highest BCUT2D eigenvalue weighted by atomic mass is 19.1. The molecule has 30 heavy (non-hydrogen) atoms. The summed E-state index contributed by atoms with van der Waals surface area (Å²) in [5, 5.41) is 2.83. The van der Waals surface area contributed by atoms with Gasteiger partial charge in [-0.1, -0.05) is 18.2 Å². The van der Waals surface area contributed by atoms with E-state index in [4.69, 9.17) is 9.47 Å². The van der Waals surface area contributed by atoms with Gasteiger partial charge in [-0.2, -0.15) is 0 Å². The van der Waals surface area contributed by atoms with Crippen LogP contribution >= 0.6 is 0 Å². The second kappa shape index (κ2) is 10.0. The summed E-state index contributed by atoms with van der Waals surface area (Å²) in [5.74, 6) is -1.44. The number of halogens is 2. The van der Waals surface area contributed by atoms with Gasteiger partial charge in [0.05, 0.1) is 13.5 Å². The van der Waals surface area contributed by atoms with Gasteiger partial charge in [-0.25, -0.2) is 8.78 Å². The number of nitrogens with zero attached hydrogens (tertiary/aromatic N) is 1. The van der Waals surface area contributed by atoms with Gasteiger partial charge in [-0.15, -0.1) is 0 Å². The lowest BCUT2D eigenvalue weighted by Gasteiger charge is -2.32. The van der Waals surface area contributed by atoms with Gasteiger partial charge in [0.1, 0.15) is 11.6 Å². The molecule has 1 aliphatic rings. The lowest BCUT2D eigenvalue weighted by molar-refractivity contribution is -0.131. The molecule has 2 aromatic carbocycles. The van der Waals surface area contributed by atoms with Crippen LogP contribution in [0.2, 0.25) is 0 Å². The summed E-state index contributed by atoms with van der Waals surface area (Å²) in [6.07, 6.45) is 1.50. The normalized spacial score (nSPS) is 14.3. The molecule has 1 aliphatic heterocycles. The molecule has 1 saturated heterocycles. The van der Waals surface area contributed by atoms with Gasteiger partial charge in [-0.05, 0) is 31.0 Å². The molecule has 1 N–H and O–H groups in total. The van der Waals surface area contributed by atoms with E-state index >= 15 is 0 Å². The highest BCUT2D eigenvalue weighted by Gasteiger charge is 2.24. The lowest BCUT2D eigenvalue weighted by Crippen LogP contribution is -2.47. The van der Waals surface area contributed by atoms with E-state index in [0.29, 0.717) is 37.7 Å². The molecule has 0 spiro atoms. The van der Waals surface area contributed by atoms with Crippen LogP contribution in [0, 0.1) is 11.6 Å². The van der Waals surface area contributed by atoms with Crippen LogP contribution in [0.5, 0.6) is 11.5 Å². The molecule has 0 aromatic heterocycles. The summed E-state index contributed by atoms with van der Waals surface area (Å²) in [4.78, 5) is 26.4. The van der Waals surface area contributed by atoms with E-state index in [1.165, 1.54) is 0 Å². The minimum atomic E-state index is -0.857. The fraction of sp³-hybridized carbons (Fsp3) is 0.364. The second-order valence-electron chi connectivity index (χ2n) is 7.07. The van der Waals surface area contributed by atoms with Crippen LogP contribution in [0.1, 0.15) is 18.4 Å². The maximum atomic E-state index is 13.5. The molecule has 3 rings (SSSR count). The average molecular weight is 418 g/mol. The highest BCUT2D eigenvalue weighted by Crippen LogP contribution is 2.20. The first-order valence-corrected chi connectivity index (χ1v) is 9.73. The number of para-hydroxylation sites is 1. The Labute approximate surface area is 173 Å². The Bertz CT molecular complexity index is 898. The van der Waals surface area contributed by atoms with Crippen LogP contribution < -0.4 is 14.8 Å². The van der Waals surface area contributed by atoms with E-state index in [9.17, 15) is 18.4 Å². The van der Waals surface area contributed by atoms with Gasteiger partial charge in [0.25, 0.3) is 5.91 Å². The molecular formula is C22H24F2N2O4. The van der Waals surface area contributed by atoms with Crippen LogP contribution in [0.15, 0.2) is 42.5 Å². The predicted molar refractivity (Wildman–Crippen MR) is 106 cm³/mol. The van der Waals surface area contributed by atoms with Gasteiger partial charge >= 0.3 is 0 Å². The second-order valence-corrected chi connectivity index (χ2v) is 7.07. The summed E-state index contributed by atoms with van der Waals surface area (Å²) in [7, 11) is 1.58. The Morgan fingerprint density at radius 3 is 2.53 bits per heavy atom. The van der Waals surface area contributed by atoms with Crippen molar-refractivity contribution >= 4 is 11.8 Å². The van der Waals surface area contributed by atoms with Crippen molar-refractivity contribution in [1.82, 2.24) is 10.2 Å². The van der Waals surface area contributed by atoms with Crippen molar-refractivity contribution in [2.24, 2.45) is 0 Å². The van der Waals surface area contributed by atoms with Gasteiger partial charge in [0.15, 0.2) is 18.2 Å². The molecule has 2 aromatic rings. The molecule has 0 atom stereocenters. The Balaban J connectivity index is 1.42. The Morgan fingerprint density at radius 1 is 1.10 bits per heavy atom. The quantitative estimate of drug-likeness (QED) is 0.751. The van der Waals surface area contributed by atoms with Crippen molar-refractivity contribution in [3.05, 3.63) is 59.7 Å². The molecule has 8 heteroatoms. The van der Waals surface area contributed by atoms with E-state index < -0.39 is 17.5 Å². The number of likely N-dealkylation sites (tertiary alicyclic amines) is 1. The minimum absolute atomic E-state index is 0.0133. The molecule has 160 valence electrons. The molecule has 0 aliphatic carbocycles. The van der Waals surface area contributed by atoms with Gasteiger partial charge < -0.3 is 19.7 Å². The Morgan fingerprint density at radius 2 is 1.83 bits per heavy atom. The zero-order valence-corrected chi connectivity index (χ0v) is 16.7. The summed E-state index contributed by atoms with van der Waals surface area (Å²) in [6, 6.07) is 10.2. The fourth-order valence-corrected chi connectivity index (χ4v) is 3.40. The largest absolute Gasteiger partial charge is 0.496 e. The van der Waals surface area contributed by atoms with E-state index in [1.807, 2.05) is 24.3 Å². The zero-order chi connectivity index (χ0) is 21.5. The number of amides is 2.